The number of hydrogen-bond acceptors (Lipinski definition) is 5. The first-order valence-electron chi connectivity index (χ1n) is 13.6. The van der Waals surface area contributed by atoms with Crippen LogP contribution in [0.1, 0.15) is 42.2 Å². The summed E-state index contributed by atoms with van der Waals surface area (Å²) in [6.07, 6.45) is 1.96. The molecule has 5 rings (SSSR count). The van der Waals surface area contributed by atoms with Gasteiger partial charge in [-0.2, -0.15) is 0 Å². The van der Waals surface area contributed by atoms with Crippen LogP contribution in [0.15, 0.2) is 95.4 Å². The third-order valence-electron chi connectivity index (χ3n) is 7.15. The molecule has 3 aromatic carbocycles. The van der Waals surface area contributed by atoms with Gasteiger partial charge in [-0.3, -0.25) is 9.80 Å². The number of aromatic nitrogens is 1. The summed E-state index contributed by atoms with van der Waals surface area (Å²) in [7, 11) is 0. The fraction of sp³-hybridized carbons (Fsp3) is 0.344. The molecule has 1 aromatic heterocycles. The summed E-state index contributed by atoms with van der Waals surface area (Å²) in [5.41, 5.74) is 4.85. The average Bonchev–Trinajstić information content (AvgIpc) is 3.36. The van der Waals surface area contributed by atoms with E-state index in [1.165, 1.54) is 11.1 Å². The second-order valence-electron chi connectivity index (χ2n) is 9.77. The maximum atomic E-state index is 6.13. The van der Waals surface area contributed by atoms with E-state index in [9.17, 15) is 0 Å². The number of benzene rings is 3. The molecular weight excluding hydrogens is 456 g/mol. The zero-order valence-electron chi connectivity index (χ0n) is 21.9. The minimum Gasteiger partial charge on any atom is -0.444 e. The van der Waals surface area contributed by atoms with E-state index in [1.807, 2.05) is 6.07 Å². The highest BCUT2D eigenvalue weighted by Gasteiger charge is 2.26. The Balaban J connectivity index is 1.12. The van der Waals surface area contributed by atoms with Crippen LogP contribution >= 0.6 is 0 Å². The highest BCUT2D eigenvalue weighted by Crippen LogP contribution is 2.29. The van der Waals surface area contributed by atoms with Crippen LogP contribution in [0.5, 0.6) is 0 Å². The van der Waals surface area contributed by atoms with Crippen LogP contribution in [0.3, 0.4) is 0 Å². The molecule has 4 aromatic rings. The van der Waals surface area contributed by atoms with Crippen LogP contribution in [0.2, 0.25) is 0 Å². The van der Waals surface area contributed by atoms with Gasteiger partial charge in [0.25, 0.3) is 0 Å². The molecule has 5 nitrogen and oxygen atoms in total. The highest BCUT2D eigenvalue weighted by atomic mass is 16.4. The number of rotatable bonds is 11. The Kier molecular flexibility index (Phi) is 8.80. The van der Waals surface area contributed by atoms with Crippen molar-refractivity contribution in [2.75, 3.05) is 39.3 Å². The van der Waals surface area contributed by atoms with Crippen LogP contribution in [0.4, 0.5) is 0 Å². The Morgan fingerprint density at radius 3 is 2.00 bits per heavy atom. The zero-order valence-corrected chi connectivity index (χ0v) is 21.9. The van der Waals surface area contributed by atoms with Crippen molar-refractivity contribution < 1.29 is 4.42 Å². The molecule has 1 aliphatic heterocycles. The molecule has 192 valence electrons. The Morgan fingerprint density at radius 1 is 0.811 bits per heavy atom. The topological polar surface area (TPSA) is 44.5 Å². The molecule has 0 aliphatic carbocycles. The summed E-state index contributed by atoms with van der Waals surface area (Å²) >= 11 is 0. The number of oxazole rings is 1. The molecule has 0 radical (unpaired) electrons. The van der Waals surface area contributed by atoms with Crippen molar-refractivity contribution in [2.24, 2.45) is 0 Å². The second kappa shape index (κ2) is 12.8. The lowest BCUT2D eigenvalue weighted by molar-refractivity contribution is 0.110. The number of nitrogens with one attached hydrogen (secondary N) is 1. The first-order chi connectivity index (χ1) is 18.3. The molecule has 0 bridgehead atoms. The van der Waals surface area contributed by atoms with Gasteiger partial charge in [0.15, 0.2) is 0 Å². The molecule has 0 saturated carbocycles. The van der Waals surface area contributed by atoms with Crippen molar-refractivity contribution in [1.82, 2.24) is 20.1 Å². The van der Waals surface area contributed by atoms with Crippen molar-refractivity contribution in [3.8, 4) is 11.3 Å². The van der Waals surface area contributed by atoms with Crippen molar-refractivity contribution in [1.29, 1.82) is 0 Å². The van der Waals surface area contributed by atoms with Crippen molar-refractivity contribution in [3.05, 3.63) is 114 Å². The van der Waals surface area contributed by atoms with Crippen LogP contribution in [0, 0.1) is 0 Å². The summed E-state index contributed by atoms with van der Waals surface area (Å²) < 4.78 is 6.13. The van der Waals surface area contributed by atoms with E-state index in [0.717, 1.165) is 75.0 Å². The molecule has 0 unspecified atom stereocenters. The Hall–Kier alpha value is -3.25. The van der Waals surface area contributed by atoms with E-state index < -0.39 is 0 Å². The fourth-order valence-electron chi connectivity index (χ4n) is 5.26. The first-order valence-corrected chi connectivity index (χ1v) is 13.6. The smallest absolute Gasteiger partial charge is 0.208 e. The monoisotopic (exact) mass is 494 g/mol. The predicted molar refractivity (Wildman–Crippen MR) is 150 cm³/mol. The van der Waals surface area contributed by atoms with E-state index >= 15 is 0 Å². The second-order valence-corrected chi connectivity index (χ2v) is 9.77. The minimum atomic E-state index is 0.309. The largest absolute Gasteiger partial charge is 0.444 e. The van der Waals surface area contributed by atoms with Gasteiger partial charge in [0.1, 0.15) is 11.5 Å². The maximum absolute atomic E-state index is 6.13. The van der Waals surface area contributed by atoms with Gasteiger partial charge in [0.2, 0.25) is 5.89 Å². The molecule has 5 heteroatoms. The molecule has 0 atom stereocenters. The normalized spacial score (nSPS) is 14.9. The number of piperazine rings is 1. The van der Waals surface area contributed by atoms with Gasteiger partial charge < -0.3 is 9.73 Å². The lowest BCUT2D eigenvalue weighted by atomic mass is 9.96. The predicted octanol–water partition coefficient (Wildman–Crippen LogP) is 5.79. The summed E-state index contributed by atoms with van der Waals surface area (Å²) in [4.78, 5) is 10.0. The molecular formula is C32H38N4O. The van der Waals surface area contributed by atoms with Gasteiger partial charge in [-0.1, -0.05) is 97.9 Å². The van der Waals surface area contributed by atoms with Gasteiger partial charge >= 0.3 is 0 Å². The van der Waals surface area contributed by atoms with Crippen LogP contribution in [0.25, 0.3) is 11.3 Å². The van der Waals surface area contributed by atoms with Gasteiger partial charge in [0.05, 0.1) is 12.6 Å². The Bertz CT molecular complexity index is 1160. The number of nitrogens with zero attached hydrogens (tertiary/aromatic N) is 3. The minimum absolute atomic E-state index is 0.309. The fourth-order valence-corrected chi connectivity index (χ4v) is 5.26. The van der Waals surface area contributed by atoms with Crippen LogP contribution in [-0.4, -0.2) is 54.1 Å². The van der Waals surface area contributed by atoms with E-state index in [1.54, 1.807) is 0 Å². The third-order valence-corrected chi connectivity index (χ3v) is 7.15. The molecule has 1 saturated heterocycles. The summed E-state index contributed by atoms with van der Waals surface area (Å²) in [5.74, 6) is 1.77. The maximum Gasteiger partial charge on any atom is 0.208 e. The summed E-state index contributed by atoms with van der Waals surface area (Å²) in [6, 6.07) is 32.5. The van der Waals surface area contributed by atoms with Gasteiger partial charge in [0, 0.05) is 51.3 Å². The van der Waals surface area contributed by atoms with Crippen LogP contribution < -0.4 is 5.32 Å². The highest BCUT2D eigenvalue weighted by molar-refractivity contribution is 5.61. The zero-order chi connectivity index (χ0) is 25.3. The van der Waals surface area contributed by atoms with E-state index in [0.29, 0.717) is 12.6 Å². The van der Waals surface area contributed by atoms with Crippen molar-refractivity contribution in [2.45, 2.75) is 32.4 Å². The van der Waals surface area contributed by atoms with Crippen molar-refractivity contribution >= 4 is 0 Å². The molecule has 1 fully saturated rings. The first kappa shape index (κ1) is 25.4. The van der Waals surface area contributed by atoms with E-state index in [2.05, 4.69) is 107 Å². The summed E-state index contributed by atoms with van der Waals surface area (Å²) in [5, 5.41) is 3.56. The van der Waals surface area contributed by atoms with Crippen LogP contribution in [-0.2, 0) is 13.0 Å². The number of hydrogen-bond donors (Lipinski definition) is 1. The molecule has 37 heavy (non-hydrogen) atoms. The SMILES string of the molecule is CCCc1oc(CNCCN2CCN(C(c3ccccc3)c3ccccc3)CC2)nc1-c1ccccc1. The van der Waals surface area contributed by atoms with E-state index in [-0.39, 0.29) is 0 Å². The standard InChI is InChI=1S/C32H38N4O/c1-2-12-29-31(26-13-6-3-7-14-26)34-30(37-29)25-33-19-20-35-21-23-36(24-22-35)32(27-15-8-4-9-16-27)28-17-10-5-11-18-28/h3-11,13-18,32-33H,2,12,19-25H2,1H3. The average molecular weight is 495 g/mol. The lowest BCUT2D eigenvalue weighted by Crippen LogP contribution is -2.49. The Morgan fingerprint density at radius 2 is 1.41 bits per heavy atom. The molecule has 2 heterocycles. The third kappa shape index (κ3) is 6.55. The lowest BCUT2D eigenvalue weighted by Gasteiger charge is -2.39. The molecule has 1 N–H and O–H groups in total. The summed E-state index contributed by atoms with van der Waals surface area (Å²) in [6.45, 7) is 9.08. The van der Waals surface area contributed by atoms with E-state index in [4.69, 9.17) is 9.40 Å². The van der Waals surface area contributed by atoms with Gasteiger partial charge in [-0.25, -0.2) is 4.98 Å². The van der Waals surface area contributed by atoms with Gasteiger partial charge in [-0.05, 0) is 17.5 Å². The molecule has 0 spiro atoms. The molecule has 0 amide bonds. The Labute approximate surface area is 221 Å². The van der Waals surface area contributed by atoms with Gasteiger partial charge in [-0.15, -0.1) is 0 Å². The van der Waals surface area contributed by atoms with Crippen molar-refractivity contribution in [3.63, 3.8) is 0 Å². The number of aryl methyl sites for hydroxylation is 1. The molecule has 1 aliphatic rings. The quantitative estimate of drug-likeness (QED) is 0.267.